The second-order valence-corrected chi connectivity index (χ2v) is 8.44. The zero-order chi connectivity index (χ0) is 17.6. The Balaban J connectivity index is 2.09. The van der Waals surface area contributed by atoms with Gasteiger partial charge in [-0.05, 0) is 50.5 Å². The highest BCUT2D eigenvalue weighted by Crippen LogP contribution is 2.20. The predicted molar refractivity (Wildman–Crippen MR) is 95.5 cm³/mol. The first-order valence-corrected chi connectivity index (χ1v) is 10.3. The molecule has 1 N–H and O–H groups in total. The summed E-state index contributed by atoms with van der Waals surface area (Å²) in [6.07, 6.45) is 5.92. The molecule has 1 heterocycles. The third kappa shape index (κ3) is 4.80. The molecule has 134 valence electrons. The van der Waals surface area contributed by atoms with E-state index >= 15 is 0 Å². The van der Waals surface area contributed by atoms with Crippen LogP contribution in [0.5, 0.6) is 0 Å². The van der Waals surface area contributed by atoms with Gasteiger partial charge in [-0.2, -0.15) is 4.31 Å². The van der Waals surface area contributed by atoms with Crippen molar-refractivity contribution in [1.82, 2.24) is 9.62 Å². The minimum Gasteiger partial charge on any atom is -0.350 e. The molecule has 1 aliphatic rings. The molecule has 1 aromatic rings. The lowest BCUT2D eigenvalue weighted by Gasteiger charge is -2.20. The summed E-state index contributed by atoms with van der Waals surface area (Å²) in [5.74, 6) is -0.158. The van der Waals surface area contributed by atoms with E-state index in [1.54, 1.807) is 28.6 Å². The topological polar surface area (TPSA) is 66.5 Å². The van der Waals surface area contributed by atoms with E-state index < -0.39 is 10.0 Å². The molecule has 0 aromatic heterocycles. The number of hydrogen-bond donors (Lipinski definition) is 1. The van der Waals surface area contributed by atoms with Gasteiger partial charge in [-0.3, -0.25) is 4.79 Å². The van der Waals surface area contributed by atoms with Gasteiger partial charge < -0.3 is 5.32 Å². The number of sulfonamides is 1. The molecule has 1 amide bonds. The fourth-order valence-corrected chi connectivity index (χ4v) is 4.54. The molecule has 1 atom stereocenters. The fraction of sp³-hybridized carbons (Fsp3) is 0.611. The number of rotatable bonds is 6. The van der Waals surface area contributed by atoms with E-state index in [0.29, 0.717) is 18.7 Å². The number of carbonyl (C=O) groups is 1. The van der Waals surface area contributed by atoms with E-state index in [-0.39, 0.29) is 16.8 Å². The van der Waals surface area contributed by atoms with Crippen molar-refractivity contribution in [3.05, 3.63) is 29.8 Å². The molecule has 0 spiro atoms. The predicted octanol–water partition coefficient (Wildman–Crippen LogP) is 3.17. The molecule has 1 saturated heterocycles. The second-order valence-electron chi connectivity index (χ2n) is 6.51. The van der Waals surface area contributed by atoms with Crippen LogP contribution in [-0.4, -0.2) is 37.8 Å². The summed E-state index contributed by atoms with van der Waals surface area (Å²) in [5.41, 5.74) is 0.493. The Morgan fingerprint density at radius 1 is 1.12 bits per heavy atom. The summed E-state index contributed by atoms with van der Waals surface area (Å²) in [6, 6.07) is 6.39. The minimum atomic E-state index is -3.46. The van der Waals surface area contributed by atoms with Gasteiger partial charge in [0.25, 0.3) is 5.91 Å². The molecule has 1 aromatic carbocycles. The third-order valence-electron chi connectivity index (χ3n) is 4.42. The highest BCUT2D eigenvalue weighted by atomic mass is 32.2. The lowest BCUT2D eigenvalue weighted by Crippen LogP contribution is -2.33. The van der Waals surface area contributed by atoms with Crippen molar-refractivity contribution in [3.8, 4) is 0 Å². The van der Waals surface area contributed by atoms with Crippen LogP contribution >= 0.6 is 0 Å². The van der Waals surface area contributed by atoms with Gasteiger partial charge in [0.15, 0.2) is 0 Å². The minimum absolute atomic E-state index is 0.114. The Morgan fingerprint density at radius 3 is 2.25 bits per heavy atom. The van der Waals surface area contributed by atoms with E-state index in [1.807, 2.05) is 6.92 Å². The quantitative estimate of drug-likeness (QED) is 0.855. The van der Waals surface area contributed by atoms with Crippen LogP contribution in [0.3, 0.4) is 0 Å². The van der Waals surface area contributed by atoms with Crippen molar-refractivity contribution in [2.75, 3.05) is 13.1 Å². The number of carbonyl (C=O) groups excluding carboxylic acids is 1. The van der Waals surface area contributed by atoms with Crippen LogP contribution in [0.2, 0.25) is 0 Å². The summed E-state index contributed by atoms with van der Waals surface area (Å²) in [7, 11) is -3.46. The maximum atomic E-state index is 12.7. The molecule has 0 saturated carbocycles. The summed E-state index contributed by atoms with van der Waals surface area (Å²) in [6.45, 7) is 5.21. The lowest BCUT2D eigenvalue weighted by atomic mass is 10.1. The molecule has 1 fully saturated rings. The number of benzene rings is 1. The summed E-state index contributed by atoms with van der Waals surface area (Å²) < 4.78 is 27.0. The summed E-state index contributed by atoms with van der Waals surface area (Å²) in [4.78, 5) is 12.4. The average Bonchev–Trinajstić information content (AvgIpc) is 2.85. The number of nitrogens with zero attached hydrogens (tertiary/aromatic N) is 1. The summed E-state index contributed by atoms with van der Waals surface area (Å²) in [5, 5.41) is 2.93. The van der Waals surface area contributed by atoms with Crippen molar-refractivity contribution in [2.45, 2.75) is 63.3 Å². The van der Waals surface area contributed by atoms with Crippen LogP contribution < -0.4 is 5.32 Å². The Bertz CT molecular complexity index is 633. The monoisotopic (exact) mass is 352 g/mol. The van der Waals surface area contributed by atoms with Crippen molar-refractivity contribution in [3.63, 3.8) is 0 Å². The molecular formula is C18H28N2O3S. The highest BCUT2D eigenvalue weighted by Gasteiger charge is 2.25. The Labute approximate surface area is 145 Å². The molecule has 0 unspecified atom stereocenters. The van der Waals surface area contributed by atoms with E-state index in [2.05, 4.69) is 12.2 Å². The molecule has 6 heteroatoms. The van der Waals surface area contributed by atoms with Gasteiger partial charge >= 0.3 is 0 Å². The van der Waals surface area contributed by atoms with Gasteiger partial charge in [0, 0.05) is 24.7 Å². The van der Waals surface area contributed by atoms with Gasteiger partial charge in [-0.15, -0.1) is 0 Å². The fourth-order valence-electron chi connectivity index (χ4n) is 3.02. The van der Waals surface area contributed by atoms with Crippen LogP contribution in [0.15, 0.2) is 29.2 Å². The SMILES string of the molecule is CCC[C@@H](C)NC(=O)c1ccc(S(=O)(=O)N2CCCCCC2)cc1. The number of amides is 1. The van der Waals surface area contributed by atoms with Crippen molar-refractivity contribution < 1.29 is 13.2 Å². The van der Waals surface area contributed by atoms with E-state index in [0.717, 1.165) is 38.5 Å². The van der Waals surface area contributed by atoms with Crippen LogP contribution in [0, 0.1) is 0 Å². The van der Waals surface area contributed by atoms with E-state index in [4.69, 9.17) is 0 Å². The van der Waals surface area contributed by atoms with Crippen molar-refractivity contribution in [1.29, 1.82) is 0 Å². The van der Waals surface area contributed by atoms with Gasteiger partial charge in [0.1, 0.15) is 0 Å². The first-order chi connectivity index (χ1) is 11.4. The summed E-state index contributed by atoms with van der Waals surface area (Å²) >= 11 is 0. The highest BCUT2D eigenvalue weighted by molar-refractivity contribution is 7.89. The molecule has 0 aliphatic carbocycles. The number of nitrogens with one attached hydrogen (secondary N) is 1. The van der Waals surface area contributed by atoms with Crippen LogP contribution in [0.25, 0.3) is 0 Å². The van der Waals surface area contributed by atoms with E-state index in [9.17, 15) is 13.2 Å². The third-order valence-corrected chi connectivity index (χ3v) is 6.33. The van der Waals surface area contributed by atoms with Gasteiger partial charge in [0.2, 0.25) is 10.0 Å². The molecule has 2 rings (SSSR count). The molecular weight excluding hydrogens is 324 g/mol. The number of hydrogen-bond acceptors (Lipinski definition) is 3. The molecule has 24 heavy (non-hydrogen) atoms. The van der Waals surface area contributed by atoms with Crippen LogP contribution in [-0.2, 0) is 10.0 Å². The zero-order valence-corrected chi connectivity index (χ0v) is 15.4. The lowest BCUT2D eigenvalue weighted by molar-refractivity contribution is 0.0938. The van der Waals surface area contributed by atoms with Crippen LogP contribution in [0.4, 0.5) is 0 Å². The molecule has 0 bridgehead atoms. The first-order valence-electron chi connectivity index (χ1n) is 8.86. The maximum Gasteiger partial charge on any atom is 0.251 e. The van der Waals surface area contributed by atoms with Gasteiger partial charge in [0.05, 0.1) is 4.90 Å². The standard InChI is InChI=1S/C18H28N2O3S/c1-3-8-15(2)19-18(21)16-9-11-17(12-10-16)24(22,23)20-13-6-4-5-7-14-20/h9-12,15H,3-8,13-14H2,1-2H3,(H,19,21)/t15-/m1/s1. The molecule has 0 radical (unpaired) electrons. The van der Waals surface area contributed by atoms with E-state index in [1.165, 1.54) is 0 Å². The maximum absolute atomic E-state index is 12.7. The Hall–Kier alpha value is -1.40. The molecule has 1 aliphatic heterocycles. The zero-order valence-electron chi connectivity index (χ0n) is 14.6. The Kier molecular flexibility index (Phi) is 6.80. The Morgan fingerprint density at radius 2 is 1.71 bits per heavy atom. The smallest absolute Gasteiger partial charge is 0.251 e. The van der Waals surface area contributed by atoms with Crippen molar-refractivity contribution in [2.24, 2.45) is 0 Å². The average molecular weight is 353 g/mol. The largest absolute Gasteiger partial charge is 0.350 e. The van der Waals surface area contributed by atoms with Crippen molar-refractivity contribution >= 4 is 15.9 Å². The van der Waals surface area contributed by atoms with Gasteiger partial charge in [-0.1, -0.05) is 26.2 Å². The normalized spacial score (nSPS) is 17.9. The van der Waals surface area contributed by atoms with Crippen LogP contribution in [0.1, 0.15) is 62.7 Å². The van der Waals surface area contributed by atoms with Gasteiger partial charge in [-0.25, -0.2) is 8.42 Å². The first kappa shape index (κ1) is 18.9. The molecule has 5 nitrogen and oxygen atoms in total. The second kappa shape index (κ2) is 8.62.